The van der Waals surface area contributed by atoms with Gasteiger partial charge in [-0.15, -0.1) is 0 Å². The predicted octanol–water partition coefficient (Wildman–Crippen LogP) is 4.29. The molecular formula is C27H29N5O. The van der Waals surface area contributed by atoms with E-state index in [4.69, 9.17) is 4.98 Å². The number of aromatic nitrogens is 3. The zero-order valence-corrected chi connectivity index (χ0v) is 19.2. The average Bonchev–Trinajstić information content (AvgIpc) is 3.00. The topological polar surface area (TPSA) is 54.3 Å². The summed E-state index contributed by atoms with van der Waals surface area (Å²) in [5.41, 5.74) is 5.39. The van der Waals surface area contributed by atoms with E-state index in [0.29, 0.717) is 5.56 Å². The Morgan fingerprint density at radius 2 is 1.67 bits per heavy atom. The second-order valence-corrected chi connectivity index (χ2v) is 8.74. The highest BCUT2D eigenvalue weighted by Crippen LogP contribution is 2.28. The predicted molar refractivity (Wildman–Crippen MR) is 131 cm³/mol. The van der Waals surface area contributed by atoms with E-state index in [-0.39, 0.29) is 5.91 Å². The molecule has 6 heteroatoms. The summed E-state index contributed by atoms with van der Waals surface area (Å²) in [5.74, 6) is 0.0669. The molecule has 168 valence electrons. The number of amides is 1. The molecule has 5 rings (SSSR count). The number of hydrogen-bond donors (Lipinski definition) is 0. The molecule has 0 aliphatic carbocycles. The third-order valence-corrected chi connectivity index (χ3v) is 6.39. The second kappa shape index (κ2) is 9.16. The van der Waals surface area contributed by atoms with Crippen molar-refractivity contribution in [1.82, 2.24) is 24.6 Å². The zero-order valence-electron chi connectivity index (χ0n) is 19.2. The Hall–Kier alpha value is -3.51. The van der Waals surface area contributed by atoms with Crippen LogP contribution in [0.25, 0.3) is 22.3 Å². The van der Waals surface area contributed by atoms with Gasteiger partial charge in [-0.05, 0) is 25.0 Å². The fourth-order valence-electron chi connectivity index (χ4n) is 4.71. The van der Waals surface area contributed by atoms with E-state index in [1.807, 2.05) is 61.3 Å². The fourth-order valence-corrected chi connectivity index (χ4v) is 4.71. The van der Waals surface area contributed by atoms with Gasteiger partial charge in [0.1, 0.15) is 0 Å². The minimum absolute atomic E-state index is 0.0669. The van der Waals surface area contributed by atoms with Crippen LogP contribution in [0.3, 0.4) is 0 Å². The van der Waals surface area contributed by atoms with Gasteiger partial charge in [-0.25, -0.2) is 4.98 Å². The van der Waals surface area contributed by atoms with Gasteiger partial charge in [0.25, 0.3) is 5.91 Å². The summed E-state index contributed by atoms with van der Waals surface area (Å²) in [5, 5.41) is 5.42. The first kappa shape index (κ1) is 21.3. The van der Waals surface area contributed by atoms with Crippen LogP contribution in [0.4, 0.5) is 0 Å². The molecule has 1 amide bonds. The van der Waals surface area contributed by atoms with Gasteiger partial charge in [-0.1, -0.05) is 60.7 Å². The quantitative estimate of drug-likeness (QED) is 0.476. The molecular weight excluding hydrogens is 410 g/mol. The summed E-state index contributed by atoms with van der Waals surface area (Å²) in [6.07, 6.45) is 0.963. The normalized spacial score (nSPS) is 15.0. The monoisotopic (exact) mass is 439 g/mol. The first-order valence-corrected chi connectivity index (χ1v) is 11.6. The van der Waals surface area contributed by atoms with Gasteiger partial charge in [0.15, 0.2) is 5.65 Å². The van der Waals surface area contributed by atoms with Crippen molar-refractivity contribution in [2.45, 2.75) is 19.9 Å². The molecule has 2 aromatic heterocycles. The number of benzene rings is 2. The Bertz CT molecular complexity index is 1270. The maximum Gasteiger partial charge on any atom is 0.254 e. The van der Waals surface area contributed by atoms with E-state index in [1.54, 1.807) is 4.68 Å². The van der Waals surface area contributed by atoms with Crippen LogP contribution in [0.2, 0.25) is 0 Å². The molecule has 1 saturated heterocycles. The SMILES string of the molecule is Cc1nn(C)c2nc(-c3ccccc3)cc(C(=O)N3CCCN(Cc4ccccc4)CC3)c12. The van der Waals surface area contributed by atoms with Crippen molar-refractivity contribution < 1.29 is 4.79 Å². The Morgan fingerprint density at radius 3 is 2.42 bits per heavy atom. The summed E-state index contributed by atoms with van der Waals surface area (Å²) >= 11 is 0. The van der Waals surface area contributed by atoms with Crippen LogP contribution < -0.4 is 0 Å². The van der Waals surface area contributed by atoms with Crippen molar-refractivity contribution in [3.63, 3.8) is 0 Å². The number of pyridine rings is 1. The third kappa shape index (κ3) is 4.39. The molecule has 4 aromatic rings. The zero-order chi connectivity index (χ0) is 22.8. The highest BCUT2D eigenvalue weighted by atomic mass is 16.2. The molecule has 6 nitrogen and oxygen atoms in total. The van der Waals surface area contributed by atoms with Gasteiger partial charge in [0.05, 0.1) is 22.3 Å². The van der Waals surface area contributed by atoms with E-state index in [1.165, 1.54) is 5.56 Å². The lowest BCUT2D eigenvalue weighted by Gasteiger charge is -2.22. The molecule has 0 spiro atoms. The summed E-state index contributed by atoms with van der Waals surface area (Å²) in [4.78, 5) is 23.1. The number of nitrogens with zero attached hydrogens (tertiary/aromatic N) is 5. The lowest BCUT2D eigenvalue weighted by molar-refractivity contribution is 0.0763. The molecule has 0 bridgehead atoms. The Balaban J connectivity index is 1.44. The van der Waals surface area contributed by atoms with Crippen LogP contribution >= 0.6 is 0 Å². The summed E-state index contributed by atoms with van der Waals surface area (Å²) in [6, 6.07) is 22.5. The lowest BCUT2D eigenvalue weighted by Crippen LogP contribution is -2.35. The van der Waals surface area contributed by atoms with Gasteiger partial charge in [0, 0.05) is 45.3 Å². The van der Waals surface area contributed by atoms with E-state index < -0.39 is 0 Å². The molecule has 0 N–H and O–H groups in total. The standard InChI is InChI=1S/C27H29N5O/c1-20-25-23(18-24(22-12-7-4-8-13-22)28-26(25)30(2)29-20)27(33)32-15-9-14-31(16-17-32)19-21-10-5-3-6-11-21/h3-8,10-13,18H,9,14-17,19H2,1-2H3. The minimum Gasteiger partial charge on any atom is -0.337 e. The van der Waals surface area contributed by atoms with Gasteiger partial charge in [0.2, 0.25) is 0 Å². The Morgan fingerprint density at radius 1 is 0.939 bits per heavy atom. The van der Waals surface area contributed by atoms with Gasteiger partial charge in [-0.3, -0.25) is 14.4 Å². The number of carbonyl (C=O) groups is 1. The number of rotatable bonds is 4. The number of carbonyl (C=O) groups excluding carboxylic acids is 1. The van der Waals surface area contributed by atoms with Gasteiger partial charge in [-0.2, -0.15) is 5.10 Å². The molecule has 2 aromatic carbocycles. The van der Waals surface area contributed by atoms with E-state index in [9.17, 15) is 4.79 Å². The van der Waals surface area contributed by atoms with Gasteiger partial charge < -0.3 is 4.90 Å². The van der Waals surface area contributed by atoms with Crippen LogP contribution in [0.15, 0.2) is 66.7 Å². The Kier molecular flexibility index (Phi) is 5.92. The third-order valence-electron chi connectivity index (χ3n) is 6.39. The summed E-state index contributed by atoms with van der Waals surface area (Å²) in [7, 11) is 1.89. The van der Waals surface area contributed by atoms with Crippen LogP contribution in [-0.2, 0) is 13.6 Å². The highest BCUT2D eigenvalue weighted by Gasteiger charge is 2.25. The van der Waals surface area contributed by atoms with Crippen molar-refractivity contribution in [2.24, 2.45) is 7.05 Å². The van der Waals surface area contributed by atoms with Crippen molar-refractivity contribution in [2.75, 3.05) is 26.2 Å². The number of fused-ring (bicyclic) bond motifs is 1. The molecule has 1 aliphatic heterocycles. The first-order valence-electron chi connectivity index (χ1n) is 11.6. The van der Waals surface area contributed by atoms with E-state index >= 15 is 0 Å². The smallest absolute Gasteiger partial charge is 0.254 e. The first-order chi connectivity index (χ1) is 16.1. The summed E-state index contributed by atoms with van der Waals surface area (Å²) < 4.78 is 1.78. The minimum atomic E-state index is 0.0669. The van der Waals surface area contributed by atoms with Crippen molar-refractivity contribution in [1.29, 1.82) is 0 Å². The van der Waals surface area contributed by atoms with E-state index in [0.717, 1.165) is 67.1 Å². The maximum atomic E-state index is 13.8. The van der Waals surface area contributed by atoms with E-state index in [2.05, 4.69) is 34.3 Å². The van der Waals surface area contributed by atoms with Gasteiger partial charge >= 0.3 is 0 Å². The molecule has 0 atom stereocenters. The van der Waals surface area contributed by atoms with Crippen LogP contribution in [0.5, 0.6) is 0 Å². The molecule has 3 heterocycles. The Labute approximate surface area is 194 Å². The van der Waals surface area contributed by atoms with Crippen molar-refractivity contribution >= 4 is 16.9 Å². The highest BCUT2D eigenvalue weighted by molar-refractivity contribution is 6.07. The van der Waals surface area contributed by atoms with Crippen LogP contribution in [0, 0.1) is 6.92 Å². The number of hydrogen-bond acceptors (Lipinski definition) is 4. The molecule has 0 unspecified atom stereocenters. The van der Waals surface area contributed by atoms with Crippen molar-refractivity contribution in [3.05, 3.63) is 83.6 Å². The molecule has 33 heavy (non-hydrogen) atoms. The summed E-state index contributed by atoms with van der Waals surface area (Å²) in [6.45, 7) is 6.21. The second-order valence-electron chi connectivity index (χ2n) is 8.74. The molecule has 1 fully saturated rings. The molecule has 1 aliphatic rings. The number of aryl methyl sites for hydroxylation is 2. The van der Waals surface area contributed by atoms with Crippen LogP contribution in [0.1, 0.15) is 28.0 Å². The van der Waals surface area contributed by atoms with Crippen LogP contribution in [-0.4, -0.2) is 56.7 Å². The average molecular weight is 440 g/mol. The maximum absolute atomic E-state index is 13.8. The molecule has 0 saturated carbocycles. The largest absolute Gasteiger partial charge is 0.337 e. The van der Waals surface area contributed by atoms with Crippen molar-refractivity contribution in [3.8, 4) is 11.3 Å². The lowest BCUT2D eigenvalue weighted by atomic mass is 10.0. The fraction of sp³-hybridized carbons (Fsp3) is 0.296. The molecule has 0 radical (unpaired) electrons.